The zero-order valence-electron chi connectivity index (χ0n) is 33.4. The lowest BCUT2D eigenvalue weighted by Crippen LogP contribution is -2.38. The molecule has 292 valence electrons. The average Bonchev–Trinajstić information content (AvgIpc) is 3.71. The summed E-state index contributed by atoms with van der Waals surface area (Å²) < 4.78 is 63.4. The van der Waals surface area contributed by atoms with Gasteiger partial charge in [0.2, 0.25) is 0 Å². The minimum absolute atomic E-state index is 0.106. The topological polar surface area (TPSA) is 44.8 Å². The van der Waals surface area contributed by atoms with Crippen LogP contribution >= 0.6 is 0 Å². The summed E-state index contributed by atoms with van der Waals surface area (Å²) in [5, 5.41) is 0. The number of methoxy groups -OCH3 is 1. The van der Waals surface area contributed by atoms with Gasteiger partial charge in [0.15, 0.2) is 0 Å². The van der Waals surface area contributed by atoms with Crippen LogP contribution < -0.4 is 9.47 Å². The van der Waals surface area contributed by atoms with Crippen LogP contribution in [0.25, 0.3) is 55.6 Å². The Morgan fingerprint density at radius 1 is 0.552 bits per heavy atom. The summed E-state index contributed by atoms with van der Waals surface area (Å²) in [5.74, 6) is 0.954. The molecule has 1 atom stereocenters. The lowest BCUT2D eigenvalue weighted by atomic mass is 9.77. The van der Waals surface area contributed by atoms with Crippen LogP contribution in [0.1, 0.15) is 68.0 Å². The highest BCUT2D eigenvalue weighted by molar-refractivity contribution is 5.90. The predicted molar refractivity (Wildman–Crippen MR) is 224 cm³/mol. The Balaban J connectivity index is 1.05. The van der Waals surface area contributed by atoms with Crippen molar-refractivity contribution in [1.29, 1.82) is 0 Å². The van der Waals surface area contributed by atoms with E-state index in [0.29, 0.717) is 16.9 Å². The summed E-state index contributed by atoms with van der Waals surface area (Å²) in [6.07, 6.45) is -3.44. The maximum atomic E-state index is 15.6. The van der Waals surface area contributed by atoms with Crippen LogP contribution in [-0.2, 0) is 25.8 Å². The SMILES string of the molecule is C=CC(=O)OCCOc1ccc2c(c1)C(C)(C)c1cc(-c3ccc4c(c3)C(C)(C(F)(F)F)c3cc(-c5ccc6c(c5)C(C)(C)c5cc(OC)ccc5-6)ccc3-4)ccc1-2. The number of benzene rings is 6. The van der Waals surface area contributed by atoms with Crippen molar-refractivity contribution >= 4 is 5.97 Å². The first kappa shape index (κ1) is 37.5. The van der Waals surface area contributed by atoms with Gasteiger partial charge in [0, 0.05) is 16.9 Å². The van der Waals surface area contributed by atoms with Crippen LogP contribution in [0.2, 0.25) is 0 Å². The molecule has 0 saturated carbocycles. The predicted octanol–water partition coefficient (Wildman–Crippen LogP) is 12.6. The van der Waals surface area contributed by atoms with Gasteiger partial charge >= 0.3 is 12.1 Å². The molecule has 6 aromatic carbocycles. The number of esters is 1. The first-order chi connectivity index (χ1) is 27.6. The van der Waals surface area contributed by atoms with Gasteiger partial charge in [-0.2, -0.15) is 13.2 Å². The van der Waals surface area contributed by atoms with Crippen molar-refractivity contribution in [3.63, 3.8) is 0 Å². The van der Waals surface area contributed by atoms with Crippen LogP contribution in [0.4, 0.5) is 13.2 Å². The van der Waals surface area contributed by atoms with Gasteiger partial charge < -0.3 is 14.2 Å². The van der Waals surface area contributed by atoms with Crippen molar-refractivity contribution in [3.8, 4) is 67.1 Å². The second kappa shape index (κ2) is 13.0. The summed E-state index contributed by atoms with van der Waals surface area (Å²) in [4.78, 5) is 11.4. The van der Waals surface area contributed by atoms with Gasteiger partial charge in [-0.15, -0.1) is 0 Å². The highest BCUT2D eigenvalue weighted by Crippen LogP contribution is 2.59. The molecule has 4 nitrogen and oxygen atoms in total. The largest absolute Gasteiger partial charge is 0.497 e. The van der Waals surface area contributed by atoms with Crippen LogP contribution in [0, 0.1) is 0 Å². The Bertz CT molecular complexity index is 2720. The molecule has 0 radical (unpaired) electrons. The van der Waals surface area contributed by atoms with E-state index in [0.717, 1.165) is 73.0 Å². The number of fused-ring (bicyclic) bond motifs is 9. The maximum Gasteiger partial charge on any atom is 0.402 e. The normalized spacial score (nSPS) is 17.3. The van der Waals surface area contributed by atoms with Gasteiger partial charge in [-0.05, 0) is 144 Å². The molecule has 1 unspecified atom stereocenters. The molecule has 3 aliphatic rings. The summed E-state index contributed by atoms with van der Waals surface area (Å²) in [7, 11) is 1.66. The number of carbonyl (C=O) groups is 1. The van der Waals surface area contributed by atoms with Crippen molar-refractivity contribution in [3.05, 3.63) is 155 Å². The molecule has 0 fully saturated rings. The third-order valence-corrected chi connectivity index (χ3v) is 12.9. The Kier molecular flexibility index (Phi) is 8.38. The fourth-order valence-electron chi connectivity index (χ4n) is 9.57. The number of hydrogen-bond donors (Lipinski definition) is 0. The number of rotatable bonds is 8. The minimum atomic E-state index is -4.56. The Hall–Kier alpha value is -6.08. The molecule has 0 saturated heterocycles. The number of ether oxygens (including phenoxy) is 3. The number of halogens is 3. The van der Waals surface area contributed by atoms with Gasteiger partial charge in [0.25, 0.3) is 0 Å². The second-order valence-corrected chi connectivity index (χ2v) is 16.8. The third-order valence-electron chi connectivity index (χ3n) is 12.9. The van der Waals surface area contributed by atoms with Crippen LogP contribution in [0.15, 0.2) is 122 Å². The molecular formula is C51H43F3O4. The van der Waals surface area contributed by atoms with E-state index in [1.54, 1.807) is 19.2 Å². The molecule has 0 bridgehead atoms. The van der Waals surface area contributed by atoms with Crippen LogP contribution in [0.5, 0.6) is 11.5 Å². The van der Waals surface area contributed by atoms with E-state index >= 15 is 13.2 Å². The van der Waals surface area contributed by atoms with E-state index in [-0.39, 0.29) is 29.8 Å². The van der Waals surface area contributed by atoms with E-state index in [1.165, 1.54) is 12.5 Å². The van der Waals surface area contributed by atoms with Gasteiger partial charge in [0.05, 0.1) is 7.11 Å². The molecule has 58 heavy (non-hydrogen) atoms. The Labute approximate surface area is 336 Å². The highest BCUT2D eigenvalue weighted by Gasteiger charge is 2.58. The highest BCUT2D eigenvalue weighted by atomic mass is 19.4. The summed E-state index contributed by atoms with van der Waals surface area (Å²) in [5.41, 5.74) is 10.9. The zero-order chi connectivity index (χ0) is 40.9. The molecule has 0 aliphatic heterocycles. The van der Waals surface area contributed by atoms with Crippen molar-refractivity contribution < 1.29 is 32.2 Å². The van der Waals surface area contributed by atoms with E-state index in [2.05, 4.69) is 70.7 Å². The molecule has 0 spiro atoms. The van der Waals surface area contributed by atoms with Crippen molar-refractivity contribution in [2.75, 3.05) is 20.3 Å². The van der Waals surface area contributed by atoms with Gasteiger partial charge in [-0.25, -0.2) is 4.79 Å². The van der Waals surface area contributed by atoms with E-state index < -0.39 is 23.0 Å². The molecule has 9 rings (SSSR count). The minimum Gasteiger partial charge on any atom is -0.497 e. The van der Waals surface area contributed by atoms with E-state index in [4.69, 9.17) is 14.2 Å². The average molecular weight is 777 g/mol. The fourth-order valence-corrected chi connectivity index (χ4v) is 9.57. The molecular weight excluding hydrogens is 734 g/mol. The maximum absolute atomic E-state index is 15.6. The fraction of sp³-hybridized carbons (Fsp3) is 0.235. The first-order valence-corrected chi connectivity index (χ1v) is 19.5. The first-order valence-electron chi connectivity index (χ1n) is 19.5. The molecule has 0 N–H and O–H groups in total. The van der Waals surface area contributed by atoms with Gasteiger partial charge in [0.1, 0.15) is 30.1 Å². The van der Waals surface area contributed by atoms with Gasteiger partial charge in [-0.3, -0.25) is 0 Å². The molecule has 6 aromatic rings. The van der Waals surface area contributed by atoms with Crippen molar-refractivity contribution in [2.45, 2.75) is 57.0 Å². The molecule has 3 aliphatic carbocycles. The molecule has 7 heteroatoms. The Morgan fingerprint density at radius 3 is 1.33 bits per heavy atom. The number of alkyl halides is 3. The summed E-state index contributed by atoms with van der Waals surface area (Å²) in [6.45, 7) is 13.7. The lowest BCUT2D eigenvalue weighted by molar-refractivity contribution is -0.172. The smallest absolute Gasteiger partial charge is 0.402 e. The van der Waals surface area contributed by atoms with Crippen molar-refractivity contribution in [1.82, 2.24) is 0 Å². The quantitative estimate of drug-likeness (QED) is 0.0877. The summed E-state index contributed by atoms with van der Waals surface area (Å²) >= 11 is 0. The zero-order valence-corrected chi connectivity index (χ0v) is 33.4. The van der Waals surface area contributed by atoms with E-state index in [1.807, 2.05) is 60.7 Å². The standard InChI is InChI=1S/C51H43F3O4/c1-8-47(55)58-22-21-57-34-14-20-38-36-16-10-30(24-42(36)49(4,5)44(38)28-34)32-12-18-40-39-17-11-31(25-45(39)50(6,46(40)26-32)51(52,53)54)29-9-15-35-37-19-13-33(56-7)27-43(37)48(2,3)41(35)23-29/h8-20,23-28H,1,21-22H2,2-7H3. The van der Waals surface area contributed by atoms with Crippen LogP contribution in [-0.4, -0.2) is 32.5 Å². The monoisotopic (exact) mass is 776 g/mol. The number of carbonyl (C=O) groups excluding carboxylic acids is 1. The van der Waals surface area contributed by atoms with Gasteiger partial charge in [-0.1, -0.05) is 94.9 Å². The van der Waals surface area contributed by atoms with Crippen molar-refractivity contribution in [2.24, 2.45) is 0 Å². The van der Waals surface area contributed by atoms with Crippen LogP contribution in [0.3, 0.4) is 0 Å². The lowest BCUT2D eigenvalue weighted by Gasteiger charge is -2.30. The third kappa shape index (κ3) is 5.46. The Morgan fingerprint density at radius 2 is 0.914 bits per heavy atom. The summed E-state index contributed by atoms with van der Waals surface area (Å²) in [6, 6.07) is 35.6. The molecule has 0 aromatic heterocycles. The molecule has 0 heterocycles. The molecule has 0 amide bonds. The number of hydrogen-bond acceptors (Lipinski definition) is 4. The second-order valence-electron chi connectivity index (χ2n) is 16.8. The van der Waals surface area contributed by atoms with E-state index in [9.17, 15) is 4.79 Å².